The summed E-state index contributed by atoms with van der Waals surface area (Å²) in [6.07, 6.45) is 0. The number of fused-ring (bicyclic) bond motifs is 1. The van der Waals surface area contributed by atoms with E-state index in [1.165, 1.54) is 55.3 Å². The maximum atomic E-state index is 3.00. The Morgan fingerprint density at radius 1 is 0.291 bits per heavy atom. The van der Waals surface area contributed by atoms with Gasteiger partial charge in [-0.05, 0) is 71.8 Å². The van der Waals surface area contributed by atoms with E-state index in [1.807, 2.05) is 140 Å². The van der Waals surface area contributed by atoms with Crippen LogP contribution in [0, 0.1) is 53.7 Å². The Labute approximate surface area is 364 Å². The Morgan fingerprint density at radius 3 is 1.02 bits per heavy atom. The van der Waals surface area contributed by atoms with E-state index < -0.39 is 0 Å². The van der Waals surface area contributed by atoms with Gasteiger partial charge in [-0.1, -0.05) is 191 Å². The molecular formula is C54H70Y-2. The molecule has 0 saturated carbocycles. The minimum absolute atomic E-state index is 0. The quantitative estimate of drug-likeness (QED) is 0.145. The zero-order valence-corrected chi connectivity index (χ0v) is 39.6. The van der Waals surface area contributed by atoms with Crippen molar-refractivity contribution in [2.24, 2.45) is 0 Å². The smallest absolute Gasteiger partial charge is 0 e. The topological polar surface area (TPSA) is 0 Å². The number of benzene rings is 7. The van der Waals surface area contributed by atoms with Crippen LogP contribution in [0.5, 0.6) is 0 Å². The molecule has 7 aromatic carbocycles. The zero-order valence-electron chi connectivity index (χ0n) is 36.7. The zero-order chi connectivity index (χ0) is 41.0. The average molecular weight is 808 g/mol. The van der Waals surface area contributed by atoms with Crippen LogP contribution >= 0.6 is 0 Å². The standard InChI is InChI=1S/C14H14.C12H12.C8H9.C6H6.C6H5.4C2H6.Y/c1-11-8-9-14(10-12(11)2)13-6-4-3-5-7-13;1-9-7-11-5-3-4-6-12(11)8-10(9)2;1-7-5-3-4-6-8(7)2;2*1-2-4-6-5-3-1;4*1-2;/h3-10H,1-2H3;3-8H,1-2H3;3,5-6H,1-2H3;1-6H;1-5H;4*1-2H3;/q;;-1;;-1;;;;;. The van der Waals surface area contributed by atoms with Gasteiger partial charge in [-0.2, -0.15) is 71.8 Å². The average Bonchev–Trinajstić information content (AvgIpc) is 3.26. The van der Waals surface area contributed by atoms with Crippen molar-refractivity contribution in [1.82, 2.24) is 0 Å². The van der Waals surface area contributed by atoms with Crippen molar-refractivity contribution < 1.29 is 32.7 Å². The maximum Gasteiger partial charge on any atom is 0 e. The molecule has 0 saturated heterocycles. The van der Waals surface area contributed by atoms with E-state index in [0.717, 1.165) is 0 Å². The molecule has 0 aliphatic carbocycles. The van der Waals surface area contributed by atoms with Gasteiger partial charge in [0.25, 0.3) is 0 Å². The van der Waals surface area contributed by atoms with Crippen molar-refractivity contribution in [2.75, 3.05) is 0 Å². The van der Waals surface area contributed by atoms with Crippen LogP contribution in [-0.4, -0.2) is 0 Å². The summed E-state index contributed by atoms with van der Waals surface area (Å²) in [5, 5.41) is 2.67. The molecule has 291 valence electrons. The van der Waals surface area contributed by atoms with E-state index in [0.29, 0.717) is 0 Å². The predicted octanol–water partition coefficient (Wildman–Crippen LogP) is 16.8. The van der Waals surface area contributed by atoms with Crippen molar-refractivity contribution in [3.63, 3.8) is 0 Å². The van der Waals surface area contributed by atoms with Crippen molar-refractivity contribution in [3.8, 4) is 11.1 Å². The first-order valence-electron chi connectivity index (χ1n) is 19.8. The molecule has 1 radical (unpaired) electrons. The molecule has 0 N–H and O–H groups in total. The number of rotatable bonds is 1. The van der Waals surface area contributed by atoms with Crippen LogP contribution in [0.2, 0.25) is 0 Å². The van der Waals surface area contributed by atoms with Gasteiger partial charge in [-0.25, -0.2) is 0 Å². The first-order valence-corrected chi connectivity index (χ1v) is 19.8. The molecule has 0 fully saturated rings. The SMILES string of the molecule is CC.CC.CC.CC.Cc1c[c-]ccc1C.Cc1cc2ccccc2cc1C.Cc1ccc(-c2ccccc2)cc1C.[Y].[c-]1ccccc1.c1ccccc1. The monoisotopic (exact) mass is 807 g/mol. The first-order chi connectivity index (χ1) is 26.3. The van der Waals surface area contributed by atoms with E-state index in [9.17, 15) is 0 Å². The van der Waals surface area contributed by atoms with Gasteiger partial charge in [-0.15, -0.1) is 0 Å². The third-order valence-electron chi connectivity index (χ3n) is 7.60. The molecule has 0 bridgehead atoms. The van der Waals surface area contributed by atoms with Gasteiger partial charge in [0.2, 0.25) is 0 Å². The van der Waals surface area contributed by atoms with Gasteiger partial charge in [0.05, 0.1) is 0 Å². The maximum absolute atomic E-state index is 3.00. The second kappa shape index (κ2) is 38.2. The Hall–Kier alpha value is -4.10. The third-order valence-corrected chi connectivity index (χ3v) is 7.60. The number of hydrogen-bond acceptors (Lipinski definition) is 0. The molecule has 0 aliphatic heterocycles. The molecule has 0 unspecified atom stereocenters. The molecule has 7 aromatic rings. The minimum Gasteiger partial charge on any atom is -0.184 e. The van der Waals surface area contributed by atoms with Crippen molar-refractivity contribution in [2.45, 2.75) is 96.9 Å². The van der Waals surface area contributed by atoms with E-state index in [2.05, 4.69) is 139 Å². The van der Waals surface area contributed by atoms with E-state index >= 15 is 0 Å². The molecule has 0 amide bonds. The molecule has 7 rings (SSSR count). The second-order valence-corrected chi connectivity index (χ2v) is 11.2. The first kappa shape index (κ1) is 55.2. The van der Waals surface area contributed by atoms with Crippen LogP contribution in [0.1, 0.15) is 88.8 Å². The summed E-state index contributed by atoms with van der Waals surface area (Å²) in [4.78, 5) is 0. The van der Waals surface area contributed by atoms with E-state index in [1.54, 1.807) is 0 Å². The van der Waals surface area contributed by atoms with Gasteiger partial charge < -0.3 is 0 Å². The van der Waals surface area contributed by atoms with Crippen LogP contribution in [0.15, 0.2) is 170 Å². The minimum atomic E-state index is 0. The van der Waals surface area contributed by atoms with Crippen molar-refractivity contribution in [1.29, 1.82) is 0 Å². The third kappa shape index (κ3) is 25.6. The summed E-state index contributed by atoms with van der Waals surface area (Å²) in [5.74, 6) is 0. The largest absolute Gasteiger partial charge is 0.184 e. The fraction of sp³-hybridized carbons (Fsp3) is 0.259. The van der Waals surface area contributed by atoms with Crippen LogP contribution in [0.25, 0.3) is 21.9 Å². The summed E-state index contributed by atoms with van der Waals surface area (Å²) in [5.41, 5.74) is 10.7. The van der Waals surface area contributed by atoms with Crippen LogP contribution in [-0.2, 0) is 32.7 Å². The van der Waals surface area contributed by atoms with Crippen LogP contribution in [0.4, 0.5) is 0 Å². The van der Waals surface area contributed by atoms with Crippen LogP contribution < -0.4 is 0 Å². The van der Waals surface area contributed by atoms with Gasteiger partial charge in [0.15, 0.2) is 0 Å². The Morgan fingerprint density at radius 2 is 0.673 bits per heavy atom. The molecule has 0 heterocycles. The van der Waals surface area contributed by atoms with Crippen molar-refractivity contribution >= 4 is 10.8 Å². The van der Waals surface area contributed by atoms with Crippen LogP contribution in [0.3, 0.4) is 0 Å². The molecular weight excluding hydrogens is 738 g/mol. The summed E-state index contributed by atoms with van der Waals surface area (Å²) in [7, 11) is 0. The van der Waals surface area contributed by atoms with Gasteiger partial charge >= 0.3 is 0 Å². The Bertz CT molecular complexity index is 1680. The Kier molecular flexibility index (Phi) is 38.4. The van der Waals surface area contributed by atoms with E-state index in [-0.39, 0.29) is 32.7 Å². The number of hydrogen-bond donors (Lipinski definition) is 0. The molecule has 0 aliphatic rings. The molecule has 0 atom stereocenters. The molecule has 0 nitrogen and oxygen atoms in total. The predicted molar refractivity (Wildman–Crippen MR) is 247 cm³/mol. The van der Waals surface area contributed by atoms with Gasteiger partial charge in [0, 0.05) is 32.7 Å². The second-order valence-electron chi connectivity index (χ2n) is 11.2. The van der Waals surface area contributed by atoms with E-state index in [4.69, 9.17) is 0 Å². The van der Waals surface area contributed by atoms with Gasteiger partial charge in [-0.3, -0.25) is 0 Å². The molecule has 55 heavy (non-hydrogen) atoms. The fourth-order valence-electron chi connectivity index (χ4n) is 4.34. The molecule has 1 heteroatoms. The summed E-state index contributed by atoms with van der Waals surface area (Å²) < 4.78 is 0. The Balaban J connectivity index is -0.000000603. The van der Waals surface area contributed by atoms with Crippen molar-refractivity contribution in [3.05, 3.63) is 215 Å². The normalized spacial score (nSPS) is 8.40. The fourth-order valence-corrected chi connectivity index (χ4v) is 4.34. The summed E-state index contributed by atoms with van der Waals surface area (Å²) >= 11 is 0. The summed E-state index contributed by atoms with van der Waals surface area (Å²) in [6, 6.07) is 63.5. The molecule has 0 aromatic heterocycles. The summed E-state index contributed by atoms with van der Waals surface area (Å²) in [6.45, 7) is 28.8. The molecule has 0 spiro atoms. The van der Waals surface area contributed by atoms with Gasteiger partial charge in [0.1, 0.15) is 0 Å². The number of aryl methyl sites for hydroxylation is 6.